The van der Waals surface area contributed by atoms with E-state index in [1.807, 2.05) is 4.90 Å². The van der Waals surface area contributed by atoms with Crippen LogP contribution in [0.15, 0.2) is 58.1 Å². The summed E-state index contributed by atoms with van der Waals surface area (Å²) in [7, 11) is -2.72. The number of nitrogens with zero attached hydrogens (tertiary/aromatic N) is 1. The first-order valence-corrected chi connectivity index (χ1v) is 16.6. The zero-order valence-corrected chi connectivity index (χ0v) is 23.7. The normalized spacial score (nSPS) is 15.6. The number of benzene rings is 2. The Hall–Kier alpha value is -3.40. The first-order chi connectivity index (χ1) is 18.7. The van der Waals surface area contributed by atoms with Crippen LogP contribution in [0.2, 0.25) is 0 Å². The molecule has 3 heterocycles. The van der Waals surface area contributed by atoms with Crippen LogP contribution in [0.25, 0.3) is 17.2 Å². The molecule has 5 rings (SSSR count). The molecule has 1 aromatic heterocycles. The van der Waals surface area contributed by atoms with Crippen LogP contribution in [0, 0.1) is 5.82 Å². The van der Waals surface area contributed by atoms with Crippen molar-refractivity contribution < 1.29 is 41.0 Å². The van der Waals surface area contributed by atoms with Gasteiger partial charge < -0.3 is 0 Å². The molecule has 2 aliphatic heterocycles. The van der Waals surface area contributed by atoms with Crippen LogP contribution < -0.4 is 9.09 Å². The molecular weight excluding hydrogens is 592 g/mol. The molecule has 1 saturated heterocycles. The minimum atomic E-state index is -3.94. The van der Waals surface area contributed by atoms with E-state index in [9.17, 15) is 22.4 Å². The molecule has 0 amide bonds. The van der Waals surface area contributed by atoms with Crippen molar-refractivity contribution >= 4 is 45.1 Å². The zero-order chi connectivity index (χ0) is 27.7. The van der Waals surface area contributed by atoms with Crippen molar-refractivity contribution in [3.63, 3.8) is 0 Å². The van der Waals surface area contributed by atoms with E-state index >= 15 is 0 Å². The molecule has 203 valence electrons. The fraction of sp³-hybridized carbons (Fsp3) is 0.259. The zero-order valence-electron chi connectivity index (χ0n) is 21.0. The van der Waals surface area contributed by atoms with Gasteiger partial charge in [-0.25, -0.2) is 0 Å². The second kappa shape index (κ2) is 11.0. The predicted octanol–water partition coefficient (Wildman–Crippen LogP) is 2.74. The van der Waals surface area contributed by atoms with Crippen LogP contribution in [-0.4, -0.2) is 72.7 Å². The number of hydrogen-bond donors (Lipinski definition) is 0. The first kappa shape index (κ1) is 27.2. The fourth-order valence-electron chi connectivity index (χ4n) is 4.51. The minimum absolute atomic E-state index is 0.0341. The van der Waals surface area contributed by atoms with E-state index in [1.54, 1.807) is 30.4 Å². The van der Waals surface area contributed by atoms with E-state index in [0.717, 1.165) is 11.6 Å². The van der Waals surface area contributed by atoms with E-state index in [0.29, 0.717) is 35.3 Å². The van der Waals surface area contributed by atoms with Crippen molar-refractivity contribution in [1.82, 2.24) is 4.90 Å². The topological polar surface area (TPSA) is 112 Å². The third kappa shape index (κ3) is 5.66. The monoisotopic (exact) mass is 616 g/mol. The molecule has 1 fully saturated rings. The molecule has 0 aliphatic carbocycles. The number of rotatable bonds is 8. The summed E-state index contributed by atoms with van der Waals surface area (Å²) in [6.07, 6.45) is 4.67. The van der Waals surface area contributed by atoms with Crippen molar-refractivity contribution in [2.24, 2.45) is 0 Å². The van der Waals surface area contributed by atoms with Crippen LogP contribution >= 0.6 is 0 Å². The number of halogens is 1. The van der Waals surface area contributed by atoms with Crippen molar-refractivity contribution in [3.05, 3.63) is 71.4 Å². The molecule has 3 aromatic rings. The Kier molecular flexibility index (Phi) is 7.66. The van der Waals surface area contributed by atoms with Crippen LogP contribution in [0.1, 0.15) is 28.6 Å². The molecule has 2 aromatic carbocycles. The Labute approximate surface area is 230 Å². The van der Waals surface area contributed by atoms with Gasteiger partial charge in [0.2, 0.25) is 0 Å². The molecule has 1 radical (unpaired) electrons. The number of furan rings is 1. The second-order valence-corrected chi connectivity index (χ2v) is 15.7. The Balaban J connectivity index is 1.41. The van der Waals surface area contributed by atoms with Gasteiger partial charge in [0.15, 0.2) is 0 Å². The summed E-state index contributed by atoms with van der Waals surface area (Å²) < 4.78 is 63.1. The maximum atomic E-state index is 14.1. The van der Waals surface area contributed by atoms with Crippen molar-refractivity contribution in [2.45, 2.75) is 24.5 Å². The van der Waals surface area contributed by atoms with Gasteiger partial charge in [-0.3, -0.25) is 0 Å². The molecule has 0 spiro atoms. The molecule has 0 unspecified atom stereocenters. The number of carbonyl (C=O) groups is 2. The quantitative estimate of drug-likeness (QED) is 0.279. The van der Waals surface area contributed by atoms with Gasteiger partial charge in [0.05, 0.1) is 0 Å². The summed E-state index contributed by atoms with van der Waals surface area (Å²) in [5.41, 5.74) is 1.64. The Bertz CT molecular complexity index is 1580. The molecule has 0 saturated carbocycles. The van der Waals surface area contributed by atoms with Crippen molar-refractivity contribution in [3.8, 4) is 16.9 Å². The number of likely N-dealkylation sites (tertiary alicyclic amines) is 1. The van der Waals surface area contributed by atoms with Crippen LogP contribution in [-0.2, 0) is 29.0 Å². The van der Waals surface area contributed by atoms with Crippen molar-refractivity contribution in [2.75, 3.05) is 26.7 Å². The molecule has 39 heavy (non-hydrogen) atoms. The van der Waals surface area contributed by atoms with E-state index in [1.165, 1.54) is 32.4 Å². The Morgan fingerprint density at radius 2 is 1.97 bits per heavy atom. The first-order valence-electron chi connectivity index (χ1n) is 11.9. The van der Waals surface area contributed by atoms with E-state index in [4.69, 9.17) is 18.6 Å². The van der Waals surface area contributed by atoms with E-state index in [-0.39, 0.29) is 40.5 Å². The molecule has 2 aliphatic rings. The van der Waals surface area contributed by atoms with Gasteiger partial charge in [0.25, 0.3) is 0 Å². The van der Waals surface area contributed by atoms with Gasteiger partial charge >= 0.3 is 231 Å². The van der Waals surface area contributed by atoms with Gasteiger partial charge in [-0.2, -0.15) is 0 Å². The second-order valence-electron chi connectivity index (χ2n) is 8.97. The third-order valence-electron chi connectivity index (χ3n) is 6.29. The van der Waals surface area contributed by atoms with Gasteiger partial charge in [0, 0.05) is 0 Å². The standard InChI is InChI=1S/C27H24AsFNO8S/c1-16(31)38-19-13-30(14-19)10-3-4-17-12-18(29)5-8-24(17)39(33,34)28-22-7-6-21-20-9-11-36-23(20)15-37-26(21)25(22)27(32)35-2/h3-9,11-12,19H,10,13-15H2,1-2H3/b4-3-. The van der Waals surface area contributed by atoms with Crippen molar-refractivity contribution in [1.29, 1.82) is 0 Å². The van der Waals surface area contributed by atoms with Gasteiger partial charge in [-0.1, -0.05) is 0 Å². The Morgan fingerprint density at radius 3 is 2.72 bits per heavy atom. The van der Waals surface area contributed by atoms with Gasteiger partial charge in [0.1, 0.15) is 0 Å². The summed E-state index contributed by atoms with van der Waals surface area (Å²) in [5, 5.41) is 0. The third-order valence-corrected chi connectivity index (χ3v) is 12.4. The van der Waals surface area contributed by atoms with E-state index < -0.39 is 34.5 Å². The summed E-state index contributed by atoms with van der Waals surface area (Å²) in [4.78, 5) is 25.8. The number of hydrogen-bond acceptors (Lipinski definition) is 9. The summed E-state index contributed by atoms with van der Waals surface area (Å²) in [6, 6.07) is 8.57. The number of carbonyl (C=O) groups excluding carboxylic acids is 2. The molecule has 9 nitrogen and oxygen atoms in total. The van der Waals surface area contributed by atoms with Crippen LogP contribution in [0.5, 0.6) is 5.75 Å². The fourth-order valence-corrected chi connectivity index (χ4v) is 10.5. The average Bonchev–Trinajstić information content (AvgIpc) is 3.35. The summed E-state index contributed by atoms with van der Waals surface area (Å²) in [6.45, 7) is 3.07. The van der Waals surface area contributed by atoms with Crippen LogP contribution in [0.4, 0.5) is 4.39 Å². The molecule has 0 bridgehead atoms. The molecule has 12 heteroatoms. The SMILES string of the molecule is COC(=O)c1c([As]S(=O)(=O)c2ccc(F)cc2/C=C\CN2CC(OC(C)=O)C2)ccc2c1OCc1occc1-2. The Morgan fingerprint density at radius 1 is 1.18 bits per heavy atom. The van der Waals surface area contributed by atoms with Gasteiger partial charge in [-0.15, -0.1) is 0 Å². The number of esters is 2. The molecule has 0 N–H and O–H groups in total. The van der Waals surface area contributed by atoms with Gasteiger partial charge in [-0.05, 0) is 0 Å². The maximum absolute atomic E-state index is 14.1. The summed E-state index contributed by atoms with van der Waals surface area (Å²) in [5.74, 6) is -0.758. The van der Waals surface area contributed by atoms with Crippen LogP contribution in [0.3, 0.4) is 0 Å². The number of methoxy groups -OCH3 is 1. The molecule has 0 atom stereocenters. The average molecular weight is 616 g/mol. The number of fused-ring (bicyclic) bond motifs is 3. The van der Waals surface area contributed by atoms with E-state index in [2.05, 4.69) is 0 Å². The summed E-state index contributed by atoms with van der Waals surface area (Å²) >= 11 is -1.65. The number of ether oxygens (including phenoxy) is 3. The predicted molar refractivity (Wildman–Crippen MR) is 140 cm³/mol. The molecular formula is C27H24AsFNO8S.